The van der Waals surface area contributed by atoms with Crippen molar-refractivity contribution in [2.24, 2.45) is 10.9 Å². The number of aliphatic imine (C=N–C) groups is 1. The lowest BCUT2D eigenvalue weighted by molar-refractivity contribution is -0.146. The number of thiophene rings is 1. The zero-order valence-corrected chi connectivity index (χ0v) is 14.4. The van der Waals surface area contributed by atoms with Crippen molar-refractivity contribution < 1.29 is 9.53 Å². The van der Waals surface area contributed by atoms with Crippen LogP contribution in [0.5, 0.6) is 0 Å². The van der Waals surface area contributed by atoms with Gasteiger partial charge in [0.2, 0.25) is 0 Å². The van der Waals surface area contributed by atoms with Crippen LogP contribution in [0.4, 0.5) is 5.82 Å². The summed E-state index contributed by atoms with van der Waals surface area (Å²) in [6.45, 7) is 6.40. The average Bonchev–Trinajstić information content (AvgIpc) is 3.15. The first-order valence-corrected chi connectivity index (χ1v) is 8.86. The molecule has 3 rings (SSSR count). The van der Waals surface area contributed by atoms with Crippen LogP contribution in [-0.4, -0.2) is 28.5 Å². The normalized spacial score (nSPS) is 20.0. The van der Waals surface area contributed by atoms with E-state index >= 15 is 0 Å². The summed E-state index contributed by atoms with van der Waals surface area (Å²) in [6, 6.07) is 2.09. The highest BCUT2D eigenvalue weighted by Gasteiger charge is 2.41. The number of aromatic nitrogens is 2. The number of carbonyl (C=O) groups excluding carboxylic acids is 1. The lowest BCUT2D eigenvalue weighted by atomic mass is 9.78. The summed E-state index contributed by atoms with van der Waals surface area (Å²) in [4.78, 5) is 18.6. The van der Waals surface area contributed by atoms with Gasteiger partial charge in [0.1, 0.15) is 5.92 Å². The molecule has 2 unspecified atom stereocenters. The number of hydrogen-bond acceptors (Lipinski definition) is 5. The van der Waals surface area contributed by atoms with Crippen molar-refractivity contribution in [1.82, 2.24) is 10.2 Å². The van der Waals surface area contributed by atoms with Gasteiger partial charge in [-0.25, -0.2) is 4.99 Å². The number of aryl methyl sites for hydroxylation is 1. The molecule has 0 saturated heterocycles. The maximum Gasteiger partial charge on any atom is 0.315 e. The van der Waals surface area contributed by atoms with Crippen LogP contribution in [0.15, 0.2) is 22.6 Å². The fraction of sp³-hybridized carbons (Fsp3) is 0.471. The summed E-state index contributed by atoms with van der Waals surface area (Å²) >= 11 is 1.68. The zero-order valence-electron chi connectivity index (χ0n) is 13.6. The Hall–Kier alpha value is -1.95. The van der Waals surface area contributed by atoms with Crippen LogP contribution in [0, 0.1) is 12.8 Å². The fourth-order valence-electron chi connectivity index (χ4n) is 3.16. The van der Waals surface area contributed by atoms with E-state index in [4.69, 9.17) is 4.74 Å². The van der Waals surface area contributed by atoms with Gasteiger partial charge in [0.05, 0.1) is 12.8 Å². The number of nitrogens with zero attached hydrogens (tertiary/aromatic N) is 2. The molecule has 0 bridgehead atoms. The Morgan fingerprint density at radius 3 is 2.91 bits per heavy atom. The summed E-state index contributed by atoms with van der Waals surface area (Å²) in [6.07, 6.45) is 3.51. The number of carbonyl (C=O) groups is 1. The van der Waals surface area contributed by atoms with Crippen molar-refractivity contribution in [2.45, 2.75) is 39.5 Å². The molecule has 0 aliphatic carbocycles. The smallest absolute Gasteiger partial charge is 0.315 e. The van der Waals surface area contributed by atoms with Gasteiger partial charge in [0, 0.05) is 22.1 Å². The van der Waals surface area contributed by atoms with Crippen LogP contribution >= 0.6 is 11.3 Å². The first kappa shape index (κ1) is 15.9. The Bertz CT molecular complexity index is 732. The molecule has 6 heteroatoms. The molecule has 5 nitrogen and oxygen atoms in total. The Labute approximate surface area is 139 Å². The summed E-state index contributed by atoms with van der Waals surface area (Å²) in [5.74, 6) is 0.148. The quantitative estimate of drug-likeness (QED) is 0.843. The van der Waals surface area contributed by atoms with Crippen molar-refractivity contribution >= 4 is 28.8 Å². The van der Waals surface area contributed by atoms with E-state index in [1.807, 2.05) is 6.92 Å². The predicted octanol–water partition coefficient (Wildman–Crippen LogP) is 3.98. The average molecular weight is 331 g/mol. The van der Waals surface area contributed by atoms with Crippen molar-refractivity contribution in [1.29, 1.82) is 0 Å². The molecule has 2 aromatic heterocycles. The number of aromatic amines is 1. The van der Waals surface area contributed by atoms with Crippen molar-refractivity contribution in [3.05, 3.63) is 33.6 Å². The van der Waals surface area contributed by atoms with E-state index in [0.29, 0.717) is 6.61 Å². The van der Waals surface area contributed by atoms with Gasteiger partial charge in [-0.3, -0.25) is 9.89 Å². The number of esters is 1. The van der Waals surface area contributed by atoms with Crippen LogP contribution in [0.3, 0.4) is 0 Å². The highest BCUT2D eigenvalue weighted by molar-refractivity contribution is 7.10. The Balaban J connectivity index is 2.13. The monoisotopic (exact) mass is 331 g/mol. The summed E-state index contributed by atoms with van der Waals surface area (Å²) in [5, 5.41) is 9.18. The molecule has 0 amide bonds. The molecular formula is C17H21N3O2S. The first-order valence-electron chi connectivity index (χ1n) is 7.98. The van der Waals surface area contributed by atoms with Crippen LogP contribution in [-0.2, 0) is 9.53 Å². The second-order valence-corrected chi connectivity index (χ2v) is 6.65. The molecule has 0 radical (unpaired) electrons. The van der Waals surface area contributed by atoms with E-state index in [2.05, 4.69) is 40.5 Å². The van der Waals surface area contributed by atoms with Crippen LogP contribution in [0.1, 0.15) is 48.6 Å². The van der Waals surface area contributed by atoms with Gasteiger partial charge in [0.15, 0.2) is 5.82 Å². The third kappa shape index (κ3) is 2.83. The summed E-state index contributed by atoms with van der Waals surface area (Å²) < 4.78 is 5.37. The second-order valence-electron chi connectivity index (χ2n) is 5.70. The molecule has 0 saturated carbocycles. The zero-order chi connectivity index (χ0) is 16.4. The lowest BCUT2D eigenvalue weighted by Gasteiger charge is -2.29. The number of nitrogens with one attached hydrogen (secondary N) is 1. The molecule has 2 aromatic rings. The molecule has 1 N–H and O–H groups in total. The Morgan fingerprint density at radius 1 is 1.43 bits per heavy atom. The van der Waals surface area contributed by atoms with E-state index in [1.54, 1.807) is 17.5 Å². The standard InChI is InChI=1S/C17H21N3O2S/c1-4-6-12-14(17(21)22-5-2)13(15-10(3)7-8-23-15)11-9-18-20-16(11)19-12/h7-9,13-14H,4-6H2,1-3H3,(H,18,20). The molecular weight excluding hydrogens is 310 g/mol. The molecule has 0 spiro atoms. The maximum absolute atomic E-state index is 12.7. The first-order chi connectivity index (χ1) is 11.2. The molecule has 1 aliphatic rings. The topological polar surface area (TPSA) is 67.3 Å². The molecule has 23 heavy (non-hydrogen) atoms. The van der Waals surface area contributed by atoms with Gasteiger partial charge < -0.3 is 4.74 Å². The number of fused-ring (bicyclic) bond motifs is 1. The number of H-pyrrole nitrogens is 1. The Morgan fingerprint density at radius 2 is 2.26 bits per heavy atom. The molecule has 122 valence electrons. The predicted molar refractivity (Wildman–Crippen MR) is 91.6 cm³/mol. The molecule has 1 aliphatic heterocycles. The molecule has 0 aromatic carbocycles. The summed E-state index contributed by atoms with van der Waals surface area (Å²) in [5.41, 5.74) is 3.06. The van der Waals surface area contributed by atoms with E-state index in [1.165, 1.54) is 10.4 Å². The van der Waals surface area contributed by atoms with E-state index < -0.39 is 0 Å². The van der Waals surface area contributed by atoms with Gasteiger partial charge in [-0.05, 0) is 37.3 Å². The van der Waals surface area contributed by atoms with Crippen LogP contribution in [0.25, 0.3) is 0 Å². The third-order valence-corrected chi connectivity index (χ3v) is 5.26. The van der Waals surface area contributed by atoms with Crippen molar-refractivity contribution in [3.8, 4) is 0 Å². The van der Waals surface area contributed by atoms with E-state index in [9.17, 15) is 4.79 Å². The third-order valence-electron chi connectivity index (χ3n) is 4.16. The van der Waals surface area contributed by atoms with Gasteiger partial charge in [-0.2, -0.15) is 5.10 Å². The molecule has 2 atom stereocenters. The van der Waals surface area contributed by atoms with Gasteiger partial charge in [0.25, 0.3) is 0 Å². The minimum Gasteiger partial charge on any atom is -0.465 e. The minimum absolute atomic E-state index is 0.0677. The van der Waals surface area contributed by atoms with Crippen LogP contribution in [0.2, 0.25) is 0 Å². The van der Waals surface area contributed by atoms with Crippen LogP contribution < -0.4 is 0 Å². The van der Waals surface area contributed by atoms with E-state index in [-0.39, 0.29) is 17.8 Å². The van der Waals surface area contributed by atoms with Gasteiger partial charge >= 0.3 is 5.97 Å². The van der Waals surface area contributed by atoms with Crippen molar-refractivity contribution in [3.63, 3.8) is 0 Å². The van der Waals surface area contributed by atoms with Crippen molar-refractivity contribution in [2.75, 3.05) is 6.61 Å². The molecule has 0 fully saturated rings. The lowest BCUT2D eigenvalue weighted by Crippen LogP contribution is -2.34. The SMILES string of the molecule is CCCC1=Nc2[nH]ncc2C(c2sccc2C)C1C(=O)OCC. The highest BCUT2D eigenvalue weighted by atomic mass is 32.1. The van der Waals surface area contributed by atoms with Gasteiger partial charge in [-0.1, -0.05) is 13.3 Å². The fourth-order valence-corrected chi connectivity index (χ4v) is 4.24. The number of ether oxygens (including phenoxy) is 1. The minimum atomic E-state index is -0.364. The molecule has 3 heterocycles. The Kier molecular flexibility index (Phi) is 4.61. The highest BCUT2D eigenvalue weighted by Crippen LogP contribution is 2.45. The van der Waals surface area contributed by atoms with Gasteiger partial charge in [-0.15, -0.1) is 11.3 Å². The number of hydrogen-bond donors (Lipinski definition) is 1. The number of rotatable bonds is 5. The maximum atomic E-state index is 12.7. The van der Waals surface area contributed by atoms with E-state index in [0.717, 1.165) is 29.9 Å². The summed E-state index contributed by atoms with van der Waals surface area (Å²) in [7, 11) is 0. The second kappa shape index (κ2) is 6.66. The largest absolute Gasteiger partial charge is 0.465 e.